The highest BCUT2D eigenvalue weighted by atomic mass is 127. The maximum Gasteiger partial charge on any atom is 0.343 e. The van der Waals surface area contributed by atoms with Crippen LogP contribution in [0.3, 0.4) is 0 Å². The Labute approximate surface area is 92.9 Å². The van der Waals surface area contributed by atoms with Crippen molar-refractivity contribution in [3.8, 4) is 0 Å². The topological polar surface area (TPSA) is 26.3 Å². The molecule has 0 radical (unpaired) electrons. The van der Waals surface area contributed by atoms with Crippen LogP contribution in [0.25, 0.3) is 0 Å². The van der Waals surface area contributed by atoms with Gasteiger partial charge in [-0.3, -0.25) is 0 Å². The summed E-state index contributed by atoms with van der Waals surface area (Å²) in [6.45, 7) is 0. The molecule has 0 heterocycles. The lowest BCUT2D eigenvalue weighted by atomic mass is 9.89. The van der Waals surface area contributed by atoms with Gasteiger partial charge in [0.25, 0.3) is 0 Å². The average molecular weight is 294 g/mol. The lowest BCUT2D eigenvalue weighted by Crippen LogP contribution is -2.06. The number of ether oxygens (including phenoxy) is 1. The zero-order chi connectivity index (χ0) is 9.68. The van der Waals surface area contributed by atoms with Gasteiger partial charge in [0.15, 0.2) is 0 Å². The van der Waals surface area contributed by atoms with E-state index in [0.29, 0.717) is 5.92 Å². The van der Waals surface area contributed by atoms with E-state index in [2.05, 4.69) is 33.4 Å². The quantitative estimate of drug-likeness (QED) is 0.444. The fraction of sp³-hybridized carbons (Fsp3) is 0.700. The SMILES string of the molecule is COC(=O)C(I)=CC1CCCCC1. The first-order chi connectivity index (χ1) is 6.24. The predicted molar refractivity (Wildman–Crippen MR) is 60.7 cm³/mol. The summed E-state index contributed by atoms with van der Waals surface area (Å²) in [5.74, 6) is 0.394. The monoisotopic (exact) mass is 294 g/mol. The van der Waals surface area contributed by atoms with Crippen molar-refractivity contribution in [3.63, 3.8) is 0 Å². The van der Waals surface area contributed by atoms with Gasteiger partial charge < -0.3 is 4.74 Å². The molecule has 0 unspecified atom stereocenters. The molecule has 0 aromatic rings. The fourth-order valence-corrected chi connectivity index (χ4v) is 2.40. The highest BCUT2D eigenvalue weighted by Gasteiger charge is 2.13. The Hall–Kier alpha value is -0.0600. The number of methoxy groups -OCH3 is 1. The molecule has 1 aliphatic rings. The summed E-state index contributed by atoms with van der Waals surface area (Å²) in [7, 11) is 1.43. The minimum absolute atomic E-state index is 0.203. The van der Waals surface area contributed by atoms with Crippen LogP contribution in [-0.2, 0) is 9.53 Å². The van der Waals surface area contributed by atoms with Gasteiger partial charge >= 0.3 is 5.97 Å². The van der Waals surface area contributed by atoms with Crippen LogP contribution in [0.15, 0.2) is 9.66 Å². The lowest BCUT2D eigenvalue weighted by molar-refractivity contribution is -0.135. The molecule has 0 saturated heterocycles. The number of allylic oxidation sites excluding steroid dienone is 1. The van der Waals surface area contributed by atoms with Crippen molar-refractivity contribution in [2.45, 2.75) is 32.1 Å². The Morgan fingerprint density at radius 3 is 2.54 bits per heavy atom. The van der Waals surface area contributed by atoms with Gasteiger partial charge in [0, 0.05) is 0 Å². The molecular formula is C10H15IO2. The standard InChI is InChI=1S/C10H15IO2/c1-13-10(12)9(11)7-8-5-3-2-4-6-8/h7-8H,2-6H2,1H3. The van der Waals surface area contributed by atoms with Gasteiger partial charge in [0.05, 0.1) is 10.7 Å². The zero-order valence-electron chi connectivity index (χ0n) is 7.88. The summed E-state index contributed by atoms with van der Waals surface area (Å²) in [4.78, 5) is 11.1. The minimum Gasteiger partial charge on any atom is -0.465 e. The molecule has 0 bridgehead atoms. The van der Waals surface area contributed by atoms with Crippen molar-refractivity contribution in [3.05, 3.63) is 9.66 Å². The second kappa shape index (κ2) is 5.62. The number of hydrogen-bond donors (Lipinski definition) is 0. The predicted octanol–water partition coefficient (Wildman–Crippen LogP) is 3.06. The third kappa shape index (κ3) is 3.67. The van der Waals surface area contributed by atoms with Crippen LogP contribution in [0.4, 0.5) is 0 Å². The van der Waals surface area contributed by atoms with Crippen molar-refractivity contribution >= 4 is 28.6 Å². The first-order valence-electron chi connectivity index (χ1n) is 4.69. The number of rotatable bonds is 2. The molecule has 3 heteroatoms. The van der Waals surface area contributed by atoms with Gasteiger partial charge in [0.1, 0.15) is 0 Å². The largest absolute Gasteiger partial charge is 0.465 e. The molecule has 0 N–H and O–H groups in total. The van der Waals surface area contributed by atoms with Crippen LogP contribution in [0.5, 0.6) is 0 Å². The molecule has 1 saturated carbocycles. The molecule has 1 rings (SSSR count). The van der Waals surface area contributed by atoms with Crippen molar-refractivity contribution in [2.75, 3.05) is 7.11 Å². The third-order valence-electron chi connectivity index (χ3n) is 2.41. The molecule has 0 atom stereocenters. The van der Waals surface area contributed by atoms with Gasteiger partial charge in [-0.1, -0.05) is 25.3 Å². The summed E-state index contributed by atoms with van der Waals surface area (Å²) >= 11 is 2.06. The van der Waals surface area contributed by atoms with Crippen molar-refractivity contribution in [1.29, 1.82) is 0 Å². The van der Waals surface area contributed by atoms with Gasteiger partial charge in [-0.25, -0.2) is 4.79 Å². The average Bonchev–Trinajstić information content (AvgIpc) is 2.18. The highest BCUT2D eigenvalue weighted by molar-refractivity contribution is 14.1. The summed E-state index contributed by atoms with van der Waals surface area (Å²) in [5.41, 5.74) is 0. The molecule has 0 amide bonds. The smallest absolute Gasteiger partial charge is 0.343 e. The van der Waals surface area contributed by atoms with E-state index < -0.39 is 0 Å². The Morgan fingerprint density at radius 2 is 2.00 bits per heavy atom. The molecule has 0 aromatic carbocycles. The van der Waals surface area contributed by atoms with Crippen LogP contribution in [0.1, 0.15) is 32.1 Å². The van der Waals surface area contributed by atoms with Crippen LogP contribution >= 0.6 is 22.6 Å². The number of halogens is 1. The van der Waals surface area contributed by atoms with Crippen LogP contribution < -0.4 is 0 Å². The normalized spacial score (nSPS) is 20.0. The molecule has 0 aliphatic heterocycles. The number of esters is 1. The van der Waals surface area contributed by atoms with E-state index in [4.69, 9.17) is 0 Å². The van der Waals surface area contributed by atoms with Gasteiger partial charge in [0.2, 0.25) is 0 Å². The maximum absolute atomic E-state index is 11.1. The number of hydrogen-bond acceptors (Lipinski definition) is 2. The third-order valence-corrected chi connectivity index (χ3v) is 3.21. The Balaban J connectivity index is 2.47. The first-order valence-corrected chi connectivity index (χ1v) is 5.77. The Bertz CT molecular complexity index is 205. The fourth-order valence-electron chi connectivity index (χ4n) is 1.67. The van der Waals surface area contributed by atoms with E-state index >= 15 is 0 Å². The van der Waals surface area contributed by atoms with Crippen molar-refractivity contribution in [2.24, 2.45) is 5.92 Å². The van der Waals surface area contributed by atoms with E-state index in [1.54, 1.807) is 0 Å². The number of carbonyl (C=O) groups is 1. The second-order valence-corrected chi connectivity index (χ2v) is 4.57. The van der Waals surface area contributed by atoms with Crippen LogP contribution in [-0.4, -0.2) is 13.1 Å². The molecule has 2 nitrogen and oxygen atoms in total. The lowest BCUT2D eigenvalue weighted by Gasteiger charge is -2.18. The maximum atomic E-state index is 11.1. The van der Waals surface area contributed by atoms with Crippen LogP contribution in [0, 0.1) is 5.92 Å². The Morgan fingerprint density at radius 1 is 1.38 bits per heavy atom. The molecule has 0 spiro atoms. The van der Waals surface area contributed by atoms with E-state index in [-0.39, 0.29) is 5.97 Å². The molecular weight excluding hydrogens is 279 g/mol. The van der Waals surface area contributed by atoms with Gasteiger partial charge in [-0.15, -0.1) is 0 Å². The van der Waals surface area contributed by atoms with Crippen molar-refractivity contribution < 1.29 is 9.53 Å². The summed E-state index contributed by atoms with van der Waals surface area (Å²) < 4.78 is 5.37. The summed E-state index contributed by atoms with van der Waals surface area (Å²) in [5, 5.41) is 0. The second-order valence-electron chi connectivity index (χ2n) is 3.40. The molecule has 74 valence electrons. The highest BCUT2D eigenvalue weighted by Crippen LogP contribution is 2.27. The Kier molecular flexibility index (Phi) is 4.77. The van der Waals surface area contributed by atoms with E-state index in [0.717, 1.165) is 3.58 Å². The minimum atomic E-state index is -0.203. The van der Waals surface area contributed by atoms with Crippen molar-refractivity contribution in [1.82, 2.24) is 0 Å². The van der Waals surface area contributed by atoms with Crippen LogP contribution in [0.2, 0.25) is 0 Å². The van der Waals surface area contributed by atoms with Gasteiger partial charge in [-0.2, -0.15) is 0 Å². The summed E-state index contributed by atoms with van der Waals surface area (Å²) in [6.07, 6.45) is 8.45. The van der Waals surface area contributed by atoms with E-state index in [1.807, 2.05) is 0 Å². The van der Waals surface area contributed by atoms with E-state index in [9.17, 15) is 4.79 Å². The molecule has 0 aromatic heterocycles. The molecule has 1 fully saturated rings. The van der Waals surface area contributed by atoms with E-state index in [1.165, 1.54) is 39.2 Å². The molecule has 1 aliphatic carbocycles. The zero-order valence-corrected chi connectivity index (χ0v) is 10.0. The molecule has 13 heavy (non-hydrogen) atoms. The van der Waals surface area contributed by atoms with Gasteiger partial charge in [-0.05, 0) is 41.4 Å². The first kappa shape index (κ1) is 11.0. The number of carbonyl (C=O) groups excluding carboxylic acids is 1. The summed E-state index contributed by atoms with van der Waals surface area (Å²) in [6, 6.07) is 0.